The van der Waals surface area contributed by atoms with Gasteiger partial charge >= 0.3 is 0 Å². The minimum absolute atomic E-state index is 0.0105. The zero-order chi connectivity index (χ0) is 55.7. The molecule has 4 aliphatic heterocycles. The molecule has 0 spiro atoms. The molecule has 11 rings (SSSR count). The van der Waals surface area contributed by atoms with Crippen molar-refractivity contribution in [1.29, 1.82) is 0 Å². The number of β-amino-alcohol motifs (C(OH)–C–C–N with tert-alkyl or cyclic N) is 3. The third-order valence-electron chi connectivity index (χ3n) is 14.3. The molecule has 0 fully saturated rings. The number of amides is 8. The Hall–Kier alpha value is -9.46. The van der Waals surface area contributed by atoms with Crippen LogP contribution < -0.4 is 9.47 Å². The van der Waals surface area contributed by atoms with Crippen LogP contribution in [0.3, 0.4) is 0 Å². The van der Waals surface area contributed by atoms with E-state index in [1.165, 1.54) is 4.90 Å². The second-order valence-electron chi connectivity index (χ2n) is 18.6. The number of hydrogen-bond acceptors (Lipinski definition) is 14. The molecule has 7 aromatic rings. The van der Waals surface area contributed by atoms with Gasteiger partial charge in [-0.15, -0.1) is 0 Å². The summed E-state index contributed by atoms with van der Waals surface area (Å²) >= 11 is 0. The second-order valence-corrected chi connectivity index (χ2v) is 18.6. The van der Waals surface area contributed by atoms with Crippen molar-refractivity contribution in [1.82, 2.24) is 19.6 Å². The standard InChI is InChI=1S/C41H34N2O8.C20H16N2O6/c1-49-31-14-10-29(11-15-31)41(28-6-4-3-5-7-28,30-12-16-32(50-2)17-13-30)51-23-21-43-38(46)34-19-9-27(25-36(34)40(43)48)26-8-18-33-35(24-26)39(47)42(20-22-44)37(33)45;23-7-5-21-17(25)13-3-1-11(9-15(13)19(21)27)12-2-4-14-16(10-12)20(28)22(6-8-24)18(14)26/h3-19,24-25,44H,20-23H2,1-2H3;1-4,9-10,23-24H,5-8H2. The van der Waals surface area contributed by atoms with Gasteiger partial charge in [-0.3, -0.25) is 58.0 Å². The van der Waals surface area contributed by atoms with Gasteiger partial charge in [0.25, 0.3) is 47.3 Å². The minimum atomic E-state index is -1.12. The summed E-state index contributed by atoms with van der Waals surface area (Å²) in [7, 11) is 3.21. The molecule has 0 unspecified atom stereocenters. The van der Waals surface area contributed by atoms with Gasteiger partial charge in [0.15, 0.2) is 0 Å². The van der Waals surface area contributed by atoms with Crippen LogP contribution in [-0.4, -0.2) is 149 Å². The molecule has 3 N–H and O–H groups in total. The van der Waals surface area contributed by atoms with Crippen LogP contribution in [0.25, 0.3) is 22.3 Å². The van der Waals surface area contributed by atoms with Crippen molar-refractivity contribution in [3.63, 3.8) is 0 Å². The summed E-state index contributed by atoms with van der Waals surface area (Å²) in [5, 5.41) is 27.4. The molecular formula is C61H50N4O14. The zero-order valence-electron chi connectivity index (χ0n) is 42.7. The van der Waals surface area contributed by atoms with E-state index in [1.807, 2.05) is 78.9 Å². The lowest BCUT2D eigenvalue weighted by Gasteiger charge is -2.36. The maximum atomic E-state index is 13.8. The lowest BCUT2D eigenvalue weighted by molar-refractivity contribution is 0.00334. The van der Waals surface area contributed by atoms with Gasteiger partial charge in [-0.25, -0.2) is 0 Å². The Morgan fingerprint density at radius 1 is 0.342 bits per heavy atom. The topological polar surface area (TPSA) is 238 Å². The SMILES string of the molecule is COc1ccc(C(OCCN2C(=O)c3ccc(-c4ccc5c(c4)C(=O)N(CCO)C5=O)cc3C2=O)(c2ccccc2)c2ccc(OC)cc2)cc1.O=C1c2ccc(-c3ccc4c(c3)C(=O)N(CCO)C4=O)cc2C(=O)N1CCO. The van der Waals surface area contributed by atoms with Gasteiger partial charge in [0, 0.05) is 0 Å². The van der Waals surface area contributed by atoms with Crippen LogP contribution in [-0.2, 0) is 10.3 Å². The highest BCUT2D eigenvalue weighted by Crippen LogP contribution is 2.42. The highest BCUT2D eigenvalue weighted by molar-refractivity contribution is 6.24. The zero-order valence-corrected chi connectivity index (χ0v) is 42.7. The van der Waals surface area contributed by atoms with Crippen molar-refractivity contribution in [3.8, 4) is 33.8 Å². The van der Waals surface area contributed by atoms with Crippen molar-refractivity contribution in [2.75, 3.05) is 66.8 Å². The van der Waals surface area contributed by atoms with Gasteiger partial charge in [0.1, 0.15) is 17.1 Å². The summed E-state index contributed by atoms with van der Waals surface area (Å²) in [6.45, 7) is -1.21. The first-order chi connectivity index (χ1) is 38.3. The Labute approximate surface area is 452 Å². The summed E-state index contributed by atoms with van der Waals surface area (Å²) in [5.41, 5.74) is 5.82. The van der Waals surface area contributed by atoms with E-state index in [1.54, 1.807) is 87.0 Å². The highest BCUT2D eigenvalue weighted by atomic mass is 16.5. The molecule has 0 aliphatic carbocycles. The molecule has 18 nitrogen and oxygen atoms in total. The molecule has 8 amide bonds. The molecule has 0 saturated carbocycles. The van der Waals surface area contributed by atoms with Gasteiger partial charge in [-0.1, -0.05) is 78.9 Å². The van der Waals surface area contributed by atoms with E-state index in [9.17, 15) is 43.5 Å². The van der Waals surface area contributed by atoms with E-state index in [2.05, 4.69) is 0 Å². The number of rotatable bonds is 17. The fourth-order valence-electron chi connectivity index (χ4n) is 10.4. The van der Waals surface area contributed by atoms with E-state index in [0.717, 1.165) is 31.4 Å². The second kappa shape index (κ2) is 21.9. The summed E-state index contributed by atoms with van der Waals surface area (Å²) in [4.78, 5) is 106. The predicted octanol–water partition coefficient (Wildman–Crippen LogP) is 6.09. The summed E-state index contributed by atoms with van der Waals surface area (Å²) in [6, 6.07) is 44.3. The fourth-order valence-corrected chi connectivity index (χ4v) is 10.4. The number of fused-ring (bicyclic) bond motifs is 4. The maximum absolute atomic E-state index is 13.8. The summed E-state index contributed by atoms with van der Waals surface area (Å²) in [5.74, 6) is -2.31. The predicted molar refractivity (Wildman–Crippen MR) is 285 cm³/mol. The Morgan fingerprint density at radius 2 is 0.620 bits per heavy atom. The normalized spacial score (nSPS) is 14.4. The van der Waals surface area contributed by atoms with Crippen molar-refractivity contribution in [3.05, 3.63) is 213 Å². The number of aliphatic hydroxyl groups is 3. The Kier molecular flexibility index (Phi) is 14.7. The molecule has 7 aromatic carbocycles. The van der Waals surface area contributed by atoms with Crippen LogP contribution in [0.2, 0.25) is 0 Å². The van der Waals surface area contributed by atoms with Gasteiger partial charge < -0.3 is 29.5 Å². The van der Waals surface area contributed by atoms with Crippen LogP contribution in [0.5, 0.6) is 11.5 Å². The average molecular weight is 1060 g/mol. The Balaban J connectivity index is 0.000000211. The first-order valence-corrected chi connectivity index (χ1v) is 25.1. The van der Waals surface area contributed by atoms with Gasteiger partial charge in [0.05, 0.1) is 111 Å². The highest BCUT2D eigenvalue weighted by Gasteiger charge is 2.42. The van der Waals surface area contributed by atoms with E-state index >= 15 is 0 Å². The molecule has 79 heavy (non-hydrogen) atoms. The largest absolute Gasteiger partial charge is 0.497 e. The number of carbonyl (C=O) groups excluding carboxylic acids is 8. The molecule has 398 valence electrons. The number of imide groups is 4. The van der Waals surface area contributed by atoms with Crippen molar-refractivity contribution in [2.24, 2.45) is 0 Å². The quantitative estimate of drug-likeness (QED) is 0.0691. The number of nitrogens with zero attached hydrogens (tertiary/aromatic N) is 4. The van der Waals surface area contributed by atoms with E-state index in [-0.39, 0.29) is 97.1 Å². The minimum Gasteiger partial charge on any atom is -0.497 e. The monoisotopic (exact) mass is 1060 g/mol. The molecule has 0 aromatic heterocycles. The lowest BCUT2D eigenvalue weighted by atomic mass is 9.80. The third-order valence-corrected chi connectivity index (χ3v) is 14.3. The van der Waals surface area contributed by atoms with Gasteiger partial charge in [0.2, 0.25) is 0 Å². The van der Waals surface area contributed by atoms with Crippen LogP contribution in [0.4, 0.5) is 0 Å². The van der Waals surface area contributed by atoms with Crippen LogP contribution in [0, 0.1) is 0 Å². The smallest absolute Gasteiger partial charge is 0.261 e. The number of carbonyl (C=O) groups is 8. The fraction of sp³-hybridized carbons (Fsp3) is 0.180. The molecule has 18 heteroatoms. The number of aliphatic hydroxyl groups excluding tert-OH is 3. The number of methoxy groups -OCH3 is 2. The van der Waals surface area contributed by atoms with Gasteiger partial charge in [-0.2, -0.15) is 0 Å². The van der Waals surface area contributed by atoms with Crippen molar-refractivity contribution >= 4 is 47.3 Å². The van der Waals surface area contributed by atoms with Crippen LogP contribution in [0.15, 0.2) is 152 Å². The first-order valence-electron chi connectivity index (χ1n) is 25.1. The lowest BCUT2D eigenvalue weighted by Crippen LogP contribution is -2.38. The Bertz CT molecular complexity index is 3510. The third kappa shape index (κ3) is 9.31. The van der Waals surface area contributed by atoms with E-state index in [4.69, 9.17) is 24.4 Å². The van der Waals surface area contributed by atoms with Crippen LogP contribution in [0.1, 0.15) is 99.6 Å². The number of ether oxygens (including phenoxy) is 3. The molecule has 0 bridgehead atoms. The molecule has 0 saturated heterocycles. The van der Waals surface area contributed by atoms with Crippen molar-refractivity contribution < 1.29 is 67.9 Å². The average Bonchev–Trinajstić information content (AvgIpc) is 4.24. The molecule has 4 aliphatic rings. The molecular weight excluding hydrogens is 1010 g/mol. The number of benzene rings is 7. The Morgan fingerprint density at radius 3 is 0.911 bits per heavy atom. The summed E-state index contributed by atoms with van der Waals surface area (Å²) < 4.78 is 17.7. The van der Waals surface area contributed by atoms with E-state index < -0.39 is 52.9 Å². The molecule has 0 atom stereocenters. The van der Waals surface area contributed by atoms with Crippen molar-refractivity contribution in [2.45, 2.75) is 5.60 Å². The van der Waals surface area contributed by atoms with Gasteiger partial charge in [-0.05, 0) is 112 Å². The van der Waals surface area contributed by atoms with E-state index in [0.29, 0.717) is 33.8 Å². The maximum Gasteiger partial charge on any atom is 0.261 e. The van der Waals surface area contributed by atoms with Crippen LogP contribution >= 0.6 is 0 Å². The molecule has 4 heterocycles. The first kappa shape index (κ1) is 53.0. The molecule has 0 radical (unpaired) electrons. The number of hydrogen-bond donors (Lipinski definition) is 3. The summed E-state index contributed by atoms with van der Waals surface area (Å²) in [6.07, 6.45) is 0.